The molecule has 1 aliphatic heterocycles. The number of aryl methyl sites for hydroxylation is 1. The number of benzene rings is 1. The van der Waals surface area contributed by atoms with Crippen LogP contribution in [0.5, 0.6) is 0 Å². The number of likely N-dealkylation sites (N-methyl/N-ethyl adjacent to an activating group) is 1. The first-order valence-electron chi connectivity index (χ1n) is 15.0. The highest BCUT2D eigenvalue weighted by atomic mass is 35.5. The summed E-state index contributed by atoms with van der Waals surface area (Å²) in [7, 11) is 5.78. The van der Waals surface area contributed by atoms with E-state index in [0.29, 0.717) is 65.8 Å². The van der Waals surface area contributed by atoms with Crippen LogP contribution in [0, 0.1) is 24.1 Å². The van der Waals surface area contributed by atoms with Crippen molar-refractivity contribution in [3.63, 3.8) is 0 Å². The van der Waals surface area contributed by atoms with Crippen LogP contribution >= 0.6 is 0 Å². The van der Waals surface area contributed by atoms with Crippen LogP contribution in [0.3, 0.4) is 0 Å². The van der Waals surface area contributed by atoms with E-state index in [1.807, 2.05) is 35.0 Å². The van der Waals surface area contributed by atoms with Crippen LogP contribution in [-0.2, 0) is 36.6 Å². The van der Waals surface area contributed by atoms with Gasteiger partial charge in [0.1, 0.15) is 12.4 Å². The Bertz CT molecular complexity index is 1470. The number of carbonyl (C=O) groups excluding carboxylic acids is 4. The molecule has 2 aromatic rings. The van der Waals surface area contributed by atoms with Crippen molar-refractivity contribution in [2.24, 2.45) is 17.1 Å². The summed E-state index contributed by atoms with van der Waals surface area (Å²) in [5.41, 5.74) is 7.81. The Labute approximate surface area is 269 Å². The maximum atomic E-state index is 15.5. The quantitative estimate of drug-likeness (QED) is 0.289. The number of halogens is 2. The summed E-state index contributed by atoms with van der Waals surface area (Å²) in [6.07, 6.45) is 0.572. The van der Waals surface area contributed by atoms with Crippen molar-refractivity contribution in [2.45, 2.75) is 78.6 Å². The molecule has 1 aromatic carbocycles. The third kappa shape index (κ3) is 9.11. The standard InChI is InChI=1S/C32H43FN4O7.ClH/c1-18-29-25(15-32(3,4)16-26(29)39)36(35-18)22-12-21(30(31(34)41)24(33)13-22)10-20-8-9-42-28(11-20)44-27(40)14-23(43-19(2)38)17-37(5,6)7;/h12-13,20,23,28H,8-11,14-17H2,1-7H3,(H-,34,41);1H. The van der Waals surface area contributed by atoms with Crippen molar-refractivity contribution < 1.29 is 54.7 Å². The average Bonchev–Trinajstić information content (AvgIpc) is 3.17. The smallest absolute Gasteiger partial charge is 0.312 e. The molecule has 1 fully saturated rings. The Morgan fingerprint density at radius 3 is 2.53 bits per heavy atom. The fourth-order valence-electron chi connectivity index (χ4n) is 6.33. The minimum Gasteiger partial charge on any atom is -1.00 e. The number of hydrogen-bond donors (Lipinski definition) is 1. The highest BCUT2D eigenvalue weighted by molar-refractivity contribution is 6.00. The van der Waals surface area contributed by atoms with Gasteiger partial charge in [-0.3, -0.25) is 19.2 Å². The molecule has 0 saturated carbocycles. The fraction of sp³-hybridized carbons (Fsp3) is 0.594. The predicted molar refractivity (Wildman–Crippen MR) is 159 cm³/mol. The van der Waals surface area contributed by atoms with E-state index in [2.05, 4.69) is 5.10 Å². The molecule has 2 aliphatic rings. The van der Waals surface area contributed by atoms with Gasteiger partial charge >= 0.3 is 11.9 Å². The van der Waals surface area contributed by atoms with Gasteiger partial charge in [0.15, 0.2) is 11.9 Å². The molecule has 3 unspecified atom stereocenters. The Kier molecular flexibility index (Phi) is 11.2. The van der Waals surface area contributed by atoms with Crippen molar-refractivity contribution >= 4 is 23.6 Å². The van der Waals surface area contributed by atoms with Crippen LogP contribution < -0.4 is 18.1 Å². The van der Waals surface area contributed by atoms with E-state index >= 15 is 4.39 Å². The van der Waals surface area contributed by atoms with Crippen LogP contribution in [0.4, 0.5) is 4.39 Å². The number of quaternary nitrogens is 1. The molecule has 0 radical (unpaired) electrons. The Morgan fingerprint density at radius 2 is 1.91 bits per heavy atom. The van der Waals surface area contributed by atoms with Crippen LogP contribution in [-0.4, -0.2) is 84.6 Å². The van der Waals surface area contributed by atoms with Crippen LogP contribution in [0.25, 0.3) is 5.69 Å². The molecule has 0 bridgehead atoms. The highest BCUT2D eigenvalue weighted by Crippen LogP contribution is 2.37. The number of esters is 2. The molecule has 0 spiro atoms. The number of Topliss-reactive ketones (excluding diaryl/α,β-unsaturated/α-hetero) is 1. The predicted octanol–water partition coefficient (Wildman–Crippen LogP) is 0.444. The lowest BCUT2D eigenvalue weighted by molar-refractivity contribution is -0.873. The number of ketones is 1. The first kappa shape index (κ1) is 36.1. The molecule has 1 saturated heterocycles. The zero-order valence-electron chi connectivity index (χ0n) is 27.1. The number of rotatable bonds is 10. The fourth-order valence-corrected chi connectivity index (χ4v) is 6.33. The average molecular weight is 651 g/mol. The number of primary amides is 1. The van der Waals surface area contributed by atoms with Crippen molar-refractivity contribution in [2.75, 3.05) is 34.3 Å². The summed E-state index contributed by atoms with van der Waals surface area (Å²) < 4.78 is 34.2. The van der Waals surface area contributed by atoms with Gasteiger partial charge in [0.25, 0.3) is 5.91 Å². The summed E-state index contributed by atoms with van der Waals surface area (Å²) >= 11 is 0. The van der Waals surface area contributed by atoms with E-state index in [4.69, 9.17) is 19.9 Å². The minimum atomic E-state index is -0.886. The van der Waals surface area contributed by atoms with Gasteiger partial charge in [-0.05, 0) is 49.1 Å². The van der Waals surface area contributed by atoms with E-state index in [1.165, 1.54) is 13.0 Å². The van der Waals surface area contributed by atoms with Gasteiger partial charge in [-0.15, -0.1) is 0 Å². The number of fused-ring (bicyclic) bond motifs is 1. The SMILES string of the molecule is CC(=O)OC(CC(=O)OC1CC(Cc2cc(-n3nc(C)c4c3CC(C)(C)CC4=O)cc(F)c2C(N)=O)CCO1)C[N+](C)(C)C.[Cl-]. The van der Waals surface area contributed by atoms with Crippen LogP contribution in [0.15, 0.2) is 12.1 Å². The van der Waals surface area contributed by atoms with Gasteiger partial charge in [-0.2, -0.15) is 5.10 Å². The molecule has 45 heavy (non-hydrogen) atoms. The Morgan fingerprint density at radius 1 is 1.22 bits per heavy atom. The number of nitrogens with zero attached hydrogens (tertiary/aromatic N) is 3. The van der Waals surface area contributed by atoms with E-state index < -0.39 is 36.1 Å². The third-order valence-corrected chi connectivity index (χ3v) is 7.97. The monoisotopic (exact) mass is 650 g/mol. The van der Waals surface area contributed by atoms with Crippen LogP contribution in [0.2, 0.25) is 0 Å². The number of carbonyl (C=O) groups is 4. The lowest BCUT2D eigenvalue weighted by Gasteiger charge is -2.31. The largest absolute Gasteiger partial charge is 1.00 e. The van der Waals surface area contributed by atoms with Crippen molar-refractivity contribution in [1.29, 1.82) is 0 Å². The second kappa shape index (κ2) is 14.0. The summed E-state index contributed by atoms with van der Waals surface area (Å²) in [6.45, 7) is 7.80. The molecule has 13 heteroatoms. The molecule has 3 atom stereocenters. The van der Waals surface area contributed by atoms with E-state index in [0.717, 1.165) is 5.69 Å². The number of aromatic nitrogens is 2. The number of ether oxygens (including phenoxy) is 3. The van der Waals surface area contributed by atoms with E-state index in [1.54, 1.807) is 17.7 Å². The molecular formula is C32H44ClFN4O7. The molecule has 248 valence electrons. The van der Waals surface area contributed by atoms with E-state index in [9.17, 15) is 19.2 Å². The Balaban J connectivity index is 0.00000552. The molecule has 1 aromatic heterocycles. The molecule has 2 heterocycles. The van der Waals surface area contributed by atoms with Crippen molar-refractivity contribution in [3.05, 3.63) is 46.0 Å². The topological polar surface area (TPSA) is 140 Å². The summed E-state index contributed by atoms with van der Waals surface area (Å²) in [4.78, 5) is 49.6. The van der Waals surface area contributed by atoms with E-state index in [-0.39, 0.29) is 47.9 Å². The highest BCUT2D eigenvalue weighted by Gasteiger charge is 2.36. The molecule has 1 aliphatic carbocycles. The zero-order valence-corrected chi connectivity index (χ0v) is 27.8. The first-order chi connectivity index (χ1) is 20.4. The molecule has 11 nitrogen and oxygen atoms in total. The number of amides is 1. The van der Waals surface area contributed by atoms with Gasteiger partial charge < -0.3 is 36.8 Å². The normalized spacial score (nSPS) is 20.0. The first-order valence-corrected chi connectivity index (χ1v) is 15.0. The zero-order chi connectivity index (χ0) is 32.6. The van der Waals surface area contributed by atoms with Gasteiger partial charge in [-0.1, -0.05) is 13.8 Å². The van der Waals surface area contributed by atoms with Gasteiger partial charge in [0.2, 0.25) is 6.29 Å². The van der Waals surface area contributed by atoms with Crippen molar-refractivity contribution in [3.8, 4) is 5.69 Å². The number of hydrogen-bond acceptors (Lipinski definition) is 8. The maximum absolute atomic E-state index is 15.5. The second-order valence-corrected chi connectivity index (χ2v) is 13.9. The lowest BCUT2D eigenvalue weighted by atomic mass is 9.75. The summed E-state index contributed by atoms with van der Waals surface area (Å²) in [5, 5.41) is 4.59. The molecular weight excluding hydrogens is 607 g/mol. The molecule has 4 rings (SSSR count). The van der Waals surface area contributed by atoms with Crippen LogP contribution in [0.1, 0.15) is 84.1 Å². The summed E-state index contributed by atoms with van der Waals surface area (Å²) in [6, 6.07) is 2.93. The maximum Gasteiger partial charge on any atom is 0.312 e. The Hall–Kier alpha value is -3.35. The molecule has 1 amide bonds. The van der Waals surface area contributed by atoms with Gasteiger partial charge in [0, 0.05) is 25.8 Å². The second-order valence-electron chi connectivity index (χ2n) is 13.9. The van der Waals surface area contributed by atoms with Gasteiger partial charge in [0.05, 0.1) is 62.4 Å². The van der Waals surface area contributed by atoms with Gasteiger partial charge in [-0.25, -0.2) is 9.07 Å². The lowest BCUT2D eigenvalue weighted by Crippen LogP contribution is -3.00. The van der Waals surface area contributed by atoms with Crippen molar-refractivity contribution in [1.82, 2.24) is 9.78 Å². The third-order valence-electron chi connectivity index (χ3n) is 7.97. The minimum absolute atomic E-state index is 0. The summed E-state index contributed by atoms with van der Waals surface area (Å²) in [5.74, 6) is -2.80. The molecule has 2 N–H and O–H groups in total. The number of nitrogens with two attached hydrogens (primary N) is 1.